The smallest absolute Gasteiger partial charge is 0.306 e. The van der Waals surface area contributed by atoms with Crippen LogP contribution in [0.2, 0.25) is 0 Å². The molecule has 1 amide bonds. The number of pyridine rings is 1. The molecular formula is C12H13BrN2O4. The number of aromatic amines is 1. The molecule has 2 atom stereocenters. The van der Waals surface area contributed by atoms with Crippen LogP contribution in [0.4, 0.5) is 0 Å². The van der Waals surface area contributed by atoms with Crippen LogP contribution in [0.3, 0.4) is 0 Å². The van der Waals surface area contributed by atoms with E-state index in [1.807, 2.05) is 0 Å². The average molecular weight is 329 g/mol. The Bertz CT molecular complexity index is 569. The molecule has 0 aromatic carbocycles. The van der Waals surface area contributed by atoms with Crippen LogP contribution in [0.1, 0.15) is 29.6 Å². The Morgan fingerprint density at radius 3 is 2.74 bits per heavy atom. The number of halogens is 1. The number of hydrogen-bond donors (Lipinski definition) is 3. The lowest BCUT2D eigenvalue weighted by atomic mass is 10.1. The second kappa shape index (κ2) is 5.56. The van der Waals surface area contributed by atoms with Crippen LogP contribution in [0.25, 0.3) is 0 Å². The van der Waals surface area contributed by atoms with Gasteiger partial charge in [0.15, 0.2) is 0 Å². The van der Waals surface area contributed by atoms with E-state index in [1.54, 1.807) is 0 Å². The molecule has 0 radical (unpaired) electrons. The number of rotatable bonds is 3. The van der Waals surface area contributed by atoms with Crippen LogP contribution in [0, 0.1) is 5.92 Å². The number of aliphatic carboxylic acids is 1. The van der Waals surface area contributed by atoms with Gasteiger partial charge in [-0.25, -0.2) is 0 Å². The van der Waals surface area contributed by atoms with E-state index in [0.29, 0.717) is 24.8 Å². The summed E-state index contributed by atoms with van der Waals surface area (Å²) in [5.41, 5.74) is 0.0357. The van der Waals surface area contributed by atoms with Crippen molar-refractivity contribution in [3.05, 3.63) is 32.7 Å². The zero-order valence-electron chi connectivity index (χ0n) is 9.98. The molecule has 0 aliphatic heterocycles. The molecule has 1 aromatic rings. The van der Waals surface area contributed by atoms with Gasteiger partial charge in [-0.15, -0.1) is 0 Å². The molecule has 102 valence electrons. The molecule has 19 heavy (non-hydrogen) atoms. The molecule has 3 N–H and O–H groups in total. The van der Waals surface area contributed by atoms with E-state index in [9.17, 15) is 14.4 Å². The monoisotopic (exact) mass is 328 g/mol. The molecule has 1 heterocycles. The molecule has 0 bridgehead atoms. The Morgan fingerprint density at radius 2 is 2.16 bits per heavy atom. The summed E-state index contributed by atoms with van der Waals surface area (Å²) in [5, 5.41) is 11.7. The van der Waals surface area contributed by atoms with Gasteiger partial charge in [0.25, 0.3) is 11.5 Å². The zero-order chi connectivity index (χ0) is 14.0. The van der Waals surface area contributed by atoms with Gasteiger partial charge in [0.1, 0.15) is 0 Å². The predicted molar refractivity (Wildman–Crippen MR) is 71.0 cm³/mol. The van der Waals surface area contributed by atoms with Gasteiger partial charge in [0, 0.05) is 12.2 Å². The van der Waals surface area contributed by atoms with E-state index in [-0.39, 0.29) is 27.9 Å². The largest absolute Gasteiger partial charge is 0.481 e. The molecule has 1 saturated carbocycles. The zero-order valence-corrected chi connectivity index (χ0v) is 11.6. The first kappa shape index (κ1) is 13.8. The maximum absolute atomic E-state index is 11.9. The fraction of sp³-hybridized carbons (Fsp3) is 0.417. The molecule has 6 nitrogen and oxygen atoms in total. The quantitative estimate of drug-likeness (QED) is 0.774. The summed E-state index contributed by atoms with van der Waals surface area (Å²) >= 11 is 3.05. The molecular weight excluding hydrogens is 316 g/mol. The van der Waals surface area contributed by atoms with Crippen molar-refractivity contribution in [2.24, 2.45) is 5.92 Å². The maximum atomic E-state index is 11.9. The van der Waals surface area contributed by atoms with Gasteiger partial charge in [0.2, 0.25) is 0 Å². The highest BCUT2D eigenvalue weighted by molar-refractivity contribution is 9.10. The minimum absolute atomic E-state index is 0.126. The van der Waals surface area contributed by atoms with E-state index < -0.39 is 5.97 Å². The molecule has 0 spiro atoms. The Morgan fingerprint density at radius 1 is 1.42 bits per heavy atom. The second-order valence-corrected chi connectivity index (χ2v) is 5.44. The standard InChI is InChI=1S/C12H13BrN2O4/c13-9-4-7(5-14-11(9)17)10(16)15-8-2-1-6(3-8)12(18)19/h4-6,8H,1-3H2,(H,14,17)(H,15,16)(H,18,19)/t6-,8+/m0/s1. The lowest BCUT2D eigenvalue weighted by Crippen LogP contribution is -2.33. The summed E-state index contributed by atoms with van der Waals surface area (Å²) in [5.74, 6) is -1.51. The van der Waals surface area contributed by atoms with E-state index in [1.165, 1.54) is 12.3 Å². The number of carbonyl (C=O) groups is 2. The highest BCUT2D eigenvalue weighted by Crippen LogP contribution is 2.25. The average Bonchev–Trinajstić information content (AvgIpc) is 2.81. The summed E-state index contributed by atoms with van der Waals surface area (Å²) in [6.45, 7) is 0. The molecule has 7 heteroatoms. The van der Waals surface area contributed by atoms with Crippen LogP contribution in [0.15, 0.2) is 21.5 Å². The van der Waals surface area contributed by atoms with Gasteiger partial charge in [-0.1, -0.05) is 0 Å². The van der Waals surface area contributed by atoms with Crippen molar-refractivity contribution in [2.75, 3.05) is 0 Å². The molecule has 1 aliphatic carbocycles. The summed E-state index contributed by atoms with van der Waals surface area (Å²) in [6, 6.07) is 1.32. The van der Waals surface area contributed by atoms with Gasteiger partial charge >= 0.3 is 5.97 Å². The first-order valence-corrected chi connectivity index (χ1v) is 6.68. The van der Waals surface area contributed by atoms with Gasteiger partial charge in [0.05, 0.1) is 16.0 Å². The summed E-state index contributed by atoms with van der Waals surface area (Å²) in [4.78, 5) is 36.4. The fourth-order valence-electron chi connectivity index (χ4n) is 2.19. The number of aromatic nitrogens is 1. The number of carbonyl (C=O) groups excluding carboxylic acids is 1. The summed E-state index contributed by atoms with van der Waals surface area (Å²) in [7, 11) is 0. The van der Waals surface area contributed by atoms with E-state index in [2.05, 4.69) is 26.2 Å². The fourth-order valence-corrected chi connectivity index (χ4v) is 2.55. The molecule has 0 saturated heterocycles. The van der Waals surface area contributed by atoms with Crippen molar-refractivity contribution in [1.29, 1.82) is 0 Å². The Hall–Kier alpha value is -1.63. The van der Waals surface area contributed by atoms with Crippen LogP contribution in [-0.2, 0) is 4.79 Å². The highest BCUT2D eigenvalue weighted by atomic mass is 79.9. The second-order valence-electron chi connectivity index (χ2n) is 4.58. The minimum atomic E-state index is -0.816. The van der Waals surface area contributed by atoms with Crippen LogP contribution in [-0.4, -0.2) is 28.0 Å². The summed E-state index contributed by atoms with van der Waals surface area (Å²) < 4.78 is 0.287. The van der Waals surface area contributed by atoms with Crippen LogP contribution >= 0.6 is 15.9 Å². The molecule has 0 unspecified atom stereocenters. The van der Waals surface area contributed by atoms with Gasteiger partial charge in [-0.3, -0.25) is 14.4 Å². The number of hydrogen-bond acceptors (Lipinski definition) is 3. The van der Waals surface area contributed by atoms with Crippen LogP contribution < -0.4 is 10.9 Å². The minimum Gasteiger partial charge on any atom is -0.481 e. The van der Waals surface area contributed by atoms with Crippen molar-refractivity contribution >= 4 is 27.8 Å². The number of nitrogens with one attached hydrogen (secondary N) is 2. The van der Waals surface area contributed by atoms with E-state index >= 15 is 0 Å². The third-order valence-electron chi connectivity index (χ3n) is 3.24. The first-order valence-electron chi connectivity index (χ1n) is 5.89. The van der Waals surface area contributed by atoms with E-state index in [0.717, 1.165) is 0 Å². The van der Waals surface area contributed by atoms with E-state index in [4.69, 9.17) is 5.11 Å². The van der Waals surface area contributed by atoms with Crippen molar-refractivity contribution in [2.45, 2.75) is 25.3 Å². The van der Waals surface area contributed by atoms with Gasteiger partial charge in [-0.05, 0) is 41.3 Å². The number of amides is 1. The Balaban J connectivity index is 2.00. The first-order chi connectivity index (χ1) is 8.97. The van der Waals surface area contributed by atoms with Crippen molar-refractivity contribution in [3.63, 3.8) is 0 Å². The third-order valence-corrected chi connectivity index (χ3v) is 3.83. The highest BCUT2D eigenvalue weighted by Gasteiger charge is 2.30. The van der Waals surface area contributed by atoms with Crippen molar-refractivity contribution in [1.82, 2.24) is 10.3 Å². The maximum Gasteiger partial charge on any atom is 0.306 e. The Kier molecular flexibility index (Phi) is 4.04. The van der Waals surface area contributed by atoms with Crippen molar-refractivity contribution < 1.29 is 14.7 Å². The number of carboxylic acid groups (broad SMARTS) is 1. The predicted octanol–water partition coefficient (Wildman–Crippen LogP) is 1.12. The van der Waals surface area contributed by atoms with Crippen LogP contribution in [0.5, 0.6) is 0 Å². The number of carboxylic acids is 1. The van der Waals surface area contributed by atoms with Gasteiger partial charge < -0.3 is 15.4 Å². The lowest BCUT2D eigenvalue weighted by molar-refractivity contribution is -0.141. The lowest BCUT2D eigenvalue weighted by Gasteiger charge is -2.12. The molecule has 1 aromatic heterocycles. The Labute approximate surface area is 117 Å². The molecule has 1 aliphatic rings. The SMILES string of the molecule is O=C(N[C@@H]1CC[C@H](C(=O)O)C1)c1c[nH]c(=O)c(Br)c1. The molecule has 2 rings (SSSR count). The normalized spacial score (nSPS) is 22.2. The third kappa shape index (κ3) is 3.23. The van der Waals surface area contributed by atoms with Crippen molar-refractivity contribution in [3.8, 4) is 0 Å². The topological polar surface area (TPSA) is 99.3 Å². The van der Waals surface area contributed by atoms with Gasteiger partial charge in [-0.2, -0.15) is 0 Å². The summed E-state index contributed by atoms with van der Waals surface area (Å²) in [6.07, 6.45) is 3.03. The molecule has 1 fully saturated rings. The number of H-pyrrole nitrogens is 1.